The van der Waals surface area contributed by atoms with Crippen molar-refractivity contribution in [3.8, 4) is 11.5 Å². The lowest BCUT2D eigenvalue weighted by Crippen LogP contribution is -2.29. The van der Waals surface area contributed by atoms with Crippen molar-refractivity contribution in [3.05, 3.63) is 126 Å². The van der Waals surface area contributed by atoms with Gasteiger partial charge in [-0.1, -0.05) is 71.2 Å². The van der Waals surface area contributed by atoms with Crippen LogP contribution in [0.25, 0.3) is 0 Å². The van der Waals surface area contributed by atoms with E-state index in [2.05, 4.69) is 89.4 Å². The Morgan fingerprint density at radius 2 is 1.85 bits per heavy atom. The number of fused-ring (bicyclic) bond motifs is 3. The normalized spacial score (nSPS) is 19.1. The molecule has 0 bridgehead atoms. The van der Waals surface area contributed by atoms with Gasteiger partial charge in [0.25, 0.3) is 0 Å². The Hall–Kier alpha value is -3.00. The van der Waals surface area contributed by atoms with Gasteiger partial charge in [-0.2, -0.15) is 0 Å². The van der Waals surface area contributed by atoms with Gasteiger partial charge in [0.15, 0.2) is 11.5 Å². The molecular weight excluding hydrogens is 666 g/mol. The maximum Gasteiger partial charge on any atom is 0.174 e. The number of hydrogen-bond donors (Lipinski definition) is 1. The van der Waals surface area contributed by atoms with Gasteiger partial charge in [0.2, 0.25) is 0 Å². The monoisotopic (exact) mass is 694 g/mol. The molecule has 41 heavy (non-hydrogen) atoms. The molecule has 6 rings (SSSR count). The van der Waals surface area contributed by atoms with E-state index in [-0.39, 0.29) is 6.04 Å². The SMILES string of the molecule is COc1cc(C=Nc2ccc([C@@H]3Nc4ccc(C)cc4[C@@H]4C=CC[C@H]43)cc2)cc(I)c1OCc1ccc(Cl)cc1Cl. The van der Waals surface area contributed by atoms with E-state index in [4.69, 9.17) is 37.7 Å². The first-order valence-electron chi connectivity index (χ1n) is 13.5. The molecule has 0 spiro atoms. The van der Waals surface area contributed by atoms with Crippen LogP contribution >= 0.6 is 45.8 Å². The first-order valence-corrected chi connectivity index (χ1v) is 15.3. The second kappa shape index (κ2) is 12.1. The zero-order chi connectivity index (χ0) is 28.5. The first-order chi connectivity index (χ1) is 19.9. The highest BCUT2D eigenvalue weighted by Gasteiger charge is 2.37. The summed E-state index contributed by atoms with van der Waals surface area (Å²) in [6, 6.07) is 24.9. The largest absolute Gasteiger partial charge is 0.493 e. The summed E-state index contributed by atoms with van der Waals surface area (Å²) in [6.45, 7) is 2.47. The molecule has 7 heteroatoms. The average Bonchev–Trinajstić information content (AvgIpc) is 3.47. The van der Waals surface area contributed by atoms with Gasteiger partial charge < -0.3 is 14.8 Å². The molecule has 4 aromatic rings. The molecule has 4 aromatic carbocycles. The zero-order valence-electron chi connectivity index (χ0n) is 22.7. The smallest absolute Gasteiger partial charge is 0.174 e. The van der Waals surface area contributed by atoms with Crippen molar-refractivity contribution >= 4 is 63.4 Å². The van der Waals surface area contributed by atoms with Crippen LogP contribution in [0.5, 0.6) is 11.5 Å². The number of rotatable bonds is 7. The Morgan fingerprint density at radius 3 is 2.63 bits per heavy atom. The minimum atomic E-state index is 0.268. The maximum absolute atomic E-state index is 6.32. The predicted octanol–water partition coefficient (Wildman–Crippen LogP) is 10.1. The molecule has 4 nitrogen and oxygen atoms in total. The van der Waals surface area contributed by atoms with E-state index in [1.165, 1.54) is 22.4 Å². The van der Waals surface area contributed by atoms with Gasteiger partial charge in [0.1, 0.15) is 6.61 Å². The summed E-state index contributed by atoms with van der Waals surface area (Å²) in [7, 11) is 1.64. The molecule has 0 saturated heterocycles. The zero-order valence-corrected chi connectivity index (χ0v) is 26.4. The van der Waals surface area contributed by atoms with E-state index < -0.39 is 0 Å². The lowest BCUT2D eigenvalue weighted by atomic mass is 9.76. The number of nitrogens with zero attached hydrogens (tertiary/aromatic N) is 1. The number of aryl methyl sites for hydroxylation is 1. The summed E-state index contributed by atoms with van der Waals surface area (Å²) in [4.78, 5) is 4.75. The van der Waals surface area contributed by atoms with Gasteiger partial charge >= 0.3 is 0 Å². The van der Waals surface area contributed by atoms with E-state index in [1.54, 1.807) is 19.2 Å². The van der Waals surface area contributed by atoms with Crippen LogP contribution in [0.1, 0.15) is 46.2 Å². The predicted molar refractivity (Wildman–Crippen MR) is 178 cm³/mol. The number of nitrogens with one attached hydrogen (secondary N) is 1. The molecule has 1 aliphatic carbocycles. The topological polar surface area (TPSA) is 42.8 Å². The van der Waals surface area contributed by atoms with E-state index >= 15 is 0 Å². The molecular formula is C34H29Cl2IN2O2. The molecule has 0 unspecified atom stereocenters. The fourth-order valence-electron chi connectivity index (χ4n) is 5.70. The molecule has 208 valence electrons. The van der Waals surface area contributed by atoms with Gasteiger partial charge in [0, 0.05) is 33.4 Å². The Morgan fingerprint density at radius 1 is 1.02 bits per heavy atom. The number of aliphatic imine (C=N–C) groups is 1. The number of ether oxygens (including phenoxy) is 2. The minimum Gasteiger partial charge on any atom is -0.493 e. The minimum absolute atomic E-state index is 0.268. The Kier molecular flexibility index (Phi) is 8.29. The summed E-state index contributed by atoms with van der Waals surface area (Å²) in [5, 5.41) is 4.98. The van der Waals surface area contributed by atoms with Crippen LogP contribution < -0.4 is 14.8 Å². The number of hydrogen-bond acceptors (Lipinski definition) is 4. The van der Waals surface area contributed by atoms with Gasteiger partial charge in [-0.3, -0.25) is 4.99 Å². The van der Waals surface area contributed by atoms with Crippen LogP contribution in [-0.4, -0.2) is 13.3 Å². The Bertz CT molecular complexity index is 1650. The fourth-order valence-corrected chi connectivity index (χ4v) is 6.95. The second-order valence-corrected chi connectivity index (χ2v) is 12.5. The van der Waals surface area contributed by atoms with Crippen LogP contribution in [0.2, 0.25) is 10.0 Å². The Labute approximate surface area is 264 Å². The van der Waals surface area contributed by atoms with E-state index in [0.717, 1.165) is 26.8 Å². The highest BCUT2D eigenvalue weighted by Crippen LogP contribution is 2.50. The fraction of sp³-hybridized carbons (Fsp3) is 0.206. The van der Waals surface area contributed by atoms with Crippen LogP contribution in [0, 0.1) is 16.4 Å². The van der Waals surface area contributed by atoms with Crippen molar-refractivity contribution < 1.29 is 9.47 Å². The summed E-state index contributed by atoms with van der Waals surface area (Å²) >= 11 is 14.6. The van der Waals surface area contributed by atoms with Gasteiger partial charge in [0.05, 0.1) is 22.4 Å². The average molecular weight is 695 g/mol. The summed E-state index contributed by atoms with van der Waals surface area (Å²) in [5.41, 5.74) is 7.92. The van der Waals surface area contributed by atoms with Gasteiger partial charge in [-0.25, -0.2) is 0 Å². The van der Waals surface area contributed by atoms with E-state index in [1.807, 2.05) is 24.4 Å². The molecule has 2 aliphatic rings. The lowest BCUT2D eigenvalue weighted by Gasteiger charge is -2.37. The van der Waals surface area contributed by atoms with Crippen LogP contribution in [0.4, 0.5) is 11.4 Å². The van der Waals surface area contributed by atoms with Crippen LogP contribution in [0.15, 0.2) is 89.9 Å². The molecule has 1 N–H and O–H groups in total. The number of allylic oxidation sites excluding steroid dienone is 2. The quantitative estimate of drug-likeness (QED) is 0.119. The number of benzene rings is 4. The van der Waals surface area contributed by atoms with Crippen molar-refractivity contribution in [2.75, 3.05) is 12.4 Å². The third kappa shape index (κ3) is 5.99. The highest BCUT2D eigenvalue weighted by atomic mass is 127. The summed E-state index contributed by atoms with van der Waals surface area (Å²) in [5.74, 6) is 2.28. The third-order valence-electron chi connectivity index (χ3n) is 7.77. The van der Waals surface area contributed by atoms with E-state index in [9.17, 15) is 0 Å². The number of halogens is 3. The molecule has 0 fully saturated rings. The molecule has 0 radical (unpaired) electrons. The summed E-state index contributed by atoms with van der Waals surface area (Å²) < 4.78 is 12.7. The van der Waals surface area contributed by atoms with Crippen molar-refractivity contribution in [2.45, 2.75) is 31.9 Å². The van der Waals surface area contributed by atoms with E-state index in [0.29, 0.717) is 40.0 Å². The van der Waals surface area contributed by atoms with Crippen molar-refractivity contribution in [1.29, 1.82) is 0 Å². The van der Waals surface area contributed by atoms with Crippen LogP contribution in [0.3, 0.4) is 0 Å². The molecule has 1 aliphatic heterocycles. The number of methoxy groups -OCH3 is 1. The van der Waals surface area contributed by atoms with Crippen molar-refractivity contribution in [3.63, 3.8) is 0 Å². The van der Waals surface area contributed by atoms with Crippen molar-refractivity contribution in [1.82, 2.24) is 0 Å². The lowest BCUT2D eigenvalue weighted by molar-refractivity contribution is 0.282. The molecule has 3 atom stereocenters. The second-order valence-electron chi connectivity index (χ2n) is 10.5. The molecule has 1 heterocycles. The summed E-state index contributed by atoms with van der Waals surface area (Å²) in [6.07, 6.45) is 7.66. The van der Waals surface area contributed by atoms with Gasteiger partial charge in [-0.15, -0.1) is 0 Å². The number of anilines is 1. The Balaban J connectivity index is 1.17. The van der Waals surface area contributed by atoms with Crippen LogP contribution in [-0.2, 0) is 6.61 Å². The molecule has 0 amide bonds. The standard InChI is InChI=1S/C34H29Cl2IN2O2/c1-20-6-13-31-28(14-20)26-4-3-5-27(26)33(39-31)22-8-11-25(12-9-22)38-18-21-15-30(37)34(32(16-21)40-2)41-19-23-7-10-24(35)17-29(23)36/h3-4,6-18,26-27,33,39H,5,19H2,1-2H3/t26-,27-,33+/m1/s1. The third-order valence-corrected chi connectivity index (χ3v) is 9.16. The highest BCUT2D eigenvalue weighted by molar-refractivity contribution is 14.1. The molecule has 0 aromatic heterocycles. The molecule has 0 saturated carbocycles. The van der Waals surface area contributed by atoms with Gasteiger partial charge in [-0.05, 0) is 101 Å². The maximum atomic E-state index is 6.32. The first kappa shape index (κ1) is 28.1. The van der Waals surface area contributed by atoms with Crippen molar-refractivity contribution in [2.24, 2.45) is 10.9 Å².